The van der Waals surface area contributed by atoms with E-state index in [9.17, 15) is 0 Å². The molecule has 0 radical (unpaired) electrons. The number of thiophene rings is 1. The minimum atomic E-state index is 0.582. The molecule has 92 valence electrons. The fourth-order valence-electron chi connectivity index (χ4n) is 2.01. The minimum absolute atomic E-state index is 0.582. The molecular weight excluding hydrogens is 357 g/mol. The summed E-state index contributed by atoms with van der Waals surface area (Å²) in [6, 6.07) is 10.5. The van der Waals surface area contributed by atoms with Gasteiger partial charge in [-0.25, -0.2) is 4.98 Å². The van der Waals surface area contributed by atoms with Gasteiger partial charge in [0.1, 0.15) is 0 Å². The van der Waals surface area contributed by atoms with E-state index in [0.717, 1.165) is 17.6 Å². The SMILES string of the molecule is Cc1ccc(Cn2c(N)nc3cc(I)ccc32)s1. The number of aromatic nitrogens is 2. The second-order valence-electron chi connectivity index (χ2n) is 4.20. The number of hydrogen-bond acceptors (Lipinski definition) is 3. The molecule has 0 saturated heterocycles. The van der Waals surface area contributed by atoms with E-state index in [0.29, 0.717) is 5.95 Å². The number of nitrogen functional groups attached to an aromatic ring is 1. The molecule has 3 aromatic rings. The van der Waals surface area contributed by atoms with Crippen LogP contribution in [0.3, 0.4) is 0 Å². The molecule has 0 spiro atoms. The maximum absolute atomic E-state index is 6.01. The van der Waals surface area contributed by atoms with Crippen molar-refractivity contribution in [2.24, 2.45) is 0 Å². The fraction of sp³-hybridized carbons (Fsp3) is 0.154. The van der Waals surface area contributed by atoms with Gasteiger partial charge >= 0.3 is 0 Å². The molecule has 0 amide bonds. The summed E-state index contributed by atoms with van der Waals surface area (Å²) in [7, 11) is 0. The lowest BCUT2D eigenvalue weighted by Crippen LogP contribution is -2.03. The van der Waals surface area contributed by atoms with Gasteiger partial charge in [0.05, 0.1) is 17.6 Å². The van der Waals surface area contributed by atoms with E-state index in [1.54, 1.807) is 11.3 Å². The third-order valence-corrected chi connectivity index (χ3v) is 4.51. The van der Waals surface area contributed by atoms with Crippen LogP contribution in [0.2, 0.25) is 0 Å². The molecule has 2 N–H and O–H groups in total. The van der Waals surface area contributed by atoms with Gasteiger partial charge in [-0.05, 0) is 59.8 Å². The Labute approximate surface area is 123 Å². The topological polar surface area (TPSA) is 43.8 Å². The van der Waals surface area contributed by atoms with Gasteiger partial charge in [0.25, 0.3) is 0 Å². The predicted octanol–water partition coefficient (Wildman–Crippen LogP) is 3.64. The van der Waals surface area contributed by atoms with Crippen LogP contribution in [0.1, 0.15) is 9.75 Å². The van der Waals surface area contributed by atoms with E-state index < -0.39 is 0 Å². The van der Waals surface area contributed by atoms with Crippen molar-refractivity contribution >= 4 is 50.9 Å². The highest BCUT2D eigenvalue weighted by atomic mass is 127. The zero-order valence-corrected chi connectivity index (χ0v) is 12.8. The van der Waals surface area contributed by atoms with Gasteiger partial charge in [-0.2, -0.15) is 0 Å². The smallest absolute Gasteiger partial charge is 0.201 e. The molecule has 0 fully saturated rings. The summed E-state index contributed by atoms with van der Waals surface area (Å²) in [5, 5.41) is 0. The fourth-order valence-corrected chi connectivity index (χ4v) is 3.37. The Morgan fingerprint density at radius 3 is 2.89 bits per heavy atom. The molecule has 2 aromatic heterocycles. The van der Waals surface area contributed by atoms with E-state index in [1.165, 1.54) is 13.3 Å². The molecular formula is C13H12IN3S. The van der Waals surface area contributed by atoms with E-state index in [2.05, 4.69) is 69.4 Å². The number of halogens is 1. The number of rotatable bonds is 2. The average molecular weight is 369 g/mol. The number of nitrogens with two attached hydrogens (primary N) is 1. The van der Waals surface area contributed by atoms with E-state index in [4.69, 9.17) is 5.73 Å². The number of aryl methyl sites for hydroxylation is 1. The zero-order valence-electron chi connectivity index (χ0n) is 9.85. The quantitative estimate of drug-likeness (QED) is 0.701. The summed E-state index contributed by atoms with van der Waals surface area (Å²) in [6.07, 6.45) is 0. The second kappa shape index (κ2) is 4.55. The Morgan fingerprint density at radius 1 is 1.33 bits per heavy atom. The lowest BCUT2D eigenvalue weighted by Gasteiger charge is -2.04. The number of fused-ring (bicyclic) bond motifs is 1. The third kappa shape index (κ3) is 2.12. The van der Waals surface area contributed by atoms with Crippen LogP contribution >= 0.6 is 33.9 Å². The standard InChI is InChI=1S/C13H12IN3S/c1-8-2-4-10(18-8)7-17-12-5-3-9(14)6-11(12)16-13(17)15/h2-6H,7H2,1H3,(H2,15,16). The van der Waals surface area contributed by atoms with Crippen LogP contribution in [0, 0.1) is 10.5 Å². The van der Waals surface area contributed by atoms with Crippen molar-refractivity contribution in [2.75, 3.05) is 5.73 Å². The van der Waals surface area contributed by atoms with Crippen molar-refractivity contribution in [3.63, 3.8) is 0 Å². The van der Waals surface area contributed by atoms with Crippen molar-refractivity contribution in [2.45, 2.75) is 13.5 Å². The summed E-state index contributed by atoms with van der Waals surface area (Å²) in [5.41, 5.74) is 8.07. The lowest BCUT2D eigenvalue weighted by atomic mass is 10.3. The van der Waals surface area contributed by atoms with Crippen LogP contribution in [0.15, 0.2) is 30.3 Å². The first-order valence-corrected chi connectivity index (χ1v) is 7.49. The highest BCUT2D eigenvalue weighted by Gasteiger charge is 2.09. The minimum Gasteiger partial charge on any atom is -0.369 e. The summed E-state index contributed by atoms with van der Waals surface area (Å²) in [5.74, 6) is 0.582. The van der Waals surface area contributed by atoms with Gasteiger partial charge in [0.2, 0.25) is 5.95 Å². The number of hydrogen-bond donors (Lipinski definition) is 1. The Hall–Kier alpha value is -1.08. The molecule has 3 rings (SSSR count). The molecule has 0 aliphatic rings. The first-order valence-electron chi connectivity index (χ1n) is 5.60. The Balaban J connectivity index is 2.08. The zero-order chi connectivity index (χ0) is 12.7. The summed E-state index contributed by atoms with van der Waals surface area (Å²) < 4.78 is 3.24. The molecule has 0 unspecified atom stereocenters. The average Bonchev–Trinajstić information content (AvgIpc) is 2.84. The van der Waals surface area contributed by atoms with Crippen molar-refractivity contribution in [3.05, 3.63) is 43.7 Å². The number of anilines is 1. The summed E-state index contributed by atoms with van der Waals surface area (Å²) in [6.45, 7) is 2.91. The normalized spacial score (nSPS) is 11.2. The Bertz CT molecular complexity index is 714. The number of imidazole rings is 1. The van der Waals surface area contributed by atoms with Crippen LogP contribution in [-0.4, -0.2) is 9.55 Å². The molecule has 1 aromatic carbocycles. The molecule has 0 saturated carbocycles. The molecule has 18 heavy (non-hydrogen) atoms. The summed E-state index contributed by atoms with van der Waals surface area (Å²) in [4.78, 5) is 7.04. The van der Waals surface area contributed by atoms with E-state index in [-0.39, 0.29) is 0 Å². The van der Waals surface area contributed by atoms with Gasteiger partial charge in [-0.15, -0.1) is 11.3 Å². The van der Waals surface area contributed by atoms with E-state index >= 15 is 0 Å². The third-order valence-electron chi connectivity index (χ3n) is 2.85. The summed E-state index contributed by atoms with van der Waals surface area (Å²) >= 11 is 4.09. The predicted molar refractivity (Wildman–Crippen MR) is 85.0 cm³/mol. The van der Waals surface area contributed by atoms with E-state index in [1.807, 2.05) is 0 Å². The van der Waals surface area contributed by atoms with Gasteiger partial charge in [-0.1, -0.05) is 0 Å². The maximum Gasteiger partial charge on any atom is 0.201 e. The van der Waals surface area contributed by atoms with Crippen LogP contribution < -0.4 is 5.73 Å². The molecule has 0 aliphatic carbocycles. The van der Waals surface area contributed by atoms with Crippen LogP contribution in [0.5, 0.6) is 0 Å². The largest absolute Gasteiger partial charge is 0.369 e. The van der Waals surface area contributed by atoms with Crippen molar-refractivity contribution in [3.8, 4) is 0 Å². The second-order valence-corrected chi connectivity index (χ2v) is 6.82. The molecule has 0 atom stereocenters. The van der Waals surface area contributed by atoms with Gasteiger partial charge in [0, 0.05) is 13.3 Å². The number of benzene rings is 1. The number of nitrogens with zero attached hydrogens (tertiary/aromatic N) is 2. The lowest BCUT2D eigenvalue weighted by molar-refractivity contribution is 0.853. The van der Waals surface area contributed by atoms with Crippen LogP contribution in [-0.2, 0) is 6.54 Å². The molecule has 3 nitrogen and oxygen atoms in total. The maximum atomic E-state index is 6.01. The highest BCUT2D eigenvalue weighted by Crippen LogP contribution is 2.23. The monoisotopic (exact) mass is 369 g/mol. The Morgan fingerprint density at radius 2 is 2.17 bits per heavy atom. The molecule has 2 heterocycles. The van der Waals surface area contributed by atoms with Gasteiger partial charge in [-0.3, -0.25) is 0 Å². The molecule has 0 bridgehead atoms. The highest BCUT2D eigenvalue weighted by molar-refractivity contribution is 14.1. The van der Waals surface area contributed by atoms with Crippen molar-refractivity contribution < 1.29 is 0 Å². The van der Waals surface area contributed by atoms with Gasteiger partial charge < -0.3 is 10.3 Å². The van der Waals surface area contributed by atoms with Crippen LogP contribution in [0.25, 0.3) is 11.0 Å². The first kappa shape index (κ1) is 12.0. The van der Waals surface area contributed by atoms with Crippen molar-refractivity contribution in [1.29, 1.82) is 0 Å². The van der Waals surface area contributed by atoms with Crippen LogP contribution in [0.4, 0.5) is 5.95 Å². The van der Waals surface area contributed by atoms with Gasteiger partial charge in [0.15, 0.2) is 0 Å². The Kier molecular flexibility index (Phi) is 3.03. The first-order chi connectivity index (χ1) is 8.63. The molecule has 5 heteroatoms. The van der Waals surface area contributed by atoms with Crippen molar-refractivity contribution in [1.82, 2.24) is 9.55 Å². The molecule has 0 aliphatic heterocycles.